The molecule has 7 heteroatoms. The number of nitrogens with zero attached hydrogens (tertiary/aromatic N) is 2. The highest BCUT2D eigenvalue weighted by Gasteiger charge is 2.21. The number of imidazole rings is 1. The van der Waals surface area contributed by atoms with Crippen molar-refractivity contribution in [2.75, 3.05) is 11.9 Å². The molecule has 2 amide bonds. The van der Waals surface area contributed by atoms with E-state index in [4.69, 9.17) is 11.6 Å². The van der Waals surface area contributed by atoms with E-state index in [0.29, 0.717) is 28.7 Å². The van der Waals surface area contributed by atoms with Gasteiger partial charge in [0, 0.05) is 23.5 Å². The zero-order chi connectivity index (χ0) is 19.6. The fourth-order valence-electron chi connectivity index (χ4n) is 2.69. The van der Waals surface area contributed by atoms with Crippen molar-refractivity contribution in [2.24, 2.45) is 5.92 Å². The van der Waals surface area contributed by atoms with Crippen LogP contribution in [0.5, 0.6) is 0 Å². The lowest BCUT2D eigenvalue weighted by Crippen LogP contribution is -2.27. The summed E-state index contributed by atoms with van der Waals surface area (Å²) in [7, 11) is 0. The molecule has 2 heterocycles. The number of hydrogen-bond donors (Lipinski definition) is 2. The third-order valence-corrected chi connectivity index (χ3v) is 4.31. The Morgan fingerprint density at radius 2 is 1.96 bits per heavy atom. The van der Waals surface area contributed by atoms with Gasteiger partial charge in [0.15, 0.2) is 5.69 Å². The first kappa shape index (κ1) is 18.9. The first-order chi connectivity index (χ1) is 12.9. The molecule has 0 fully saturated rings. The number of amides is 2. The number of nitrogens with one attached hydrogen (secondary N) is 2. The lowest BCUT2D eigenvalue weighted by Gasteiger charge is -2.08. The van der Waals surface area contributed by atoms with Crippen LogP contribution in [0.4, 0.5) is 5.69 Å². The van der Waals surface area contributed by atoms with Gasteiger partial charge in [0.25, 0.3) is 11.8 Å². The van der Waals surface area contributed by atoms with Crippen molar-refractivity contribution >= 4 is 34.6 Å². The van der Waals surface area contributed by atoms with Crippen molar-refractivity contribution in [1.82, 2.24) is 14.7 Å². The van der Waals surface area contributed by atoms with Crippen LogP contribution >= 0.6 is 11.6 Å². The van der Waals surface area contributed by atoms with Crippen LogP contribution < -0.4 is 10.6 Å². The maximum atomic E-state index is 12.8. The van der Waals surface area contributed by atoms with Gasteiger partial charge < -0.3 is 10.6 Å². The first-order valence-electron chi connectivity index (χ1n) is 8.69. The third kappa shape index (κ3) is 4.11. The van der Waals surface area contributed by atoms with Gasteiger partial charge in [0.1, 0.15) is 0 Å². The number of carbonyl (C=O) groups excluding carboxylic acids is 2. The standard InChI is InChI=1S/C20H21ClN4O2/c1-12(2)11-22-19(26)17-16-6-4-5-9-25(16)18(24-17)20(27)23-15-8-7-14(21)10-13(15)3/h4-10,12H,11H2,1-3H3,(H,22,26)(H,23,27). The quantitative estimate of drug-likeness (QED) is 0.699. The molecule has 0 bridgehead atoms. The van der Waals surface area contributed by atoms with Crippen LogP contribution in [0, 0.1) is 12.8 Å². The van der Waals surface area contributed by atoms with E-state index in [1.54, 1.807) is 47.0 Å². The molecule has 2 N–H and O–H groups in total. The van der Waals surface area contributed by atoms with Crippen molar-refractivity contribution in [3.63, 3.8) is 0 Å². The molecule has 2 aromatic heterocycles. The Bertz CT molecular complexity index is 1010. The second kappa shape index (κ2) is 7.80. The number of fused-ring (bicyclic) bond motifs is 1. The van der Waals surface area contributed by atoms with Crippen LogP contribution in [0.1, 0.15) is 40.5 Å². The molecular weight excluding hydrogens is 364 g/mol. The van der Waals surface area contributed by atoms with Gasteiger partial charge in [0.2, 0.25) is 5.82 Å². The predicted octanol–water partition coefficient (Wildman–Crippen LogP) is 3.93. The maximum Gasteiger partial charge on any atom is 0.292 e. The fourth-order valence-corrected chi connectivity index (χ4v) is 2.92. The van der Waals surface area contributed by atoms with Crippen molar-refractivity contribution in [1.29, 1.82) is 0 Å². The Morgan fingerprint density at radius 3 is 2.67 bits per heavy atom. The summed E-state index contributed by atoms with van der Waals surface area (Å²) in [5.41, 5.74) is 2.29. The molecule has 0 aliphatic carbocycles. The zero-order valence-corrected chi connectivity index (χ0v) is 16.2. The highest BCUT2D eigenvalue weighted by atomic mass is 35.5. The molecule has 0 saturated heterocycles. The molecule has 6 nitrogen and oxygen atoms in total. The summed E-state index contributed by atoms with van der Waals surface area (Å²) in [6.07, 6.45) is 1.71. The normalized spacial score (nSPS) is 11.0. The van der Waals surface area contributed by atoms with Gasteiger partial charge in [-0.2, -0.15) is 0 Å². The highest BCUT2D eigenvalue weighted by molar-refractivity contribution is 6.30. The number of carbonyl (C=O) groups is 2. The van der Waals surface area contributed by atoms with Gasteiger partial charge in [-0.3, -0.25) is 14.0 Å². The van der Waals surface area contributed by atoms with E-state index in [2.05, 4.69) is 15.6 Å². The molecule has 0 atom stereocenters. The smallest absolute Gasteiger partial charge is 0.292 e. The van der Waals surface area contributed by atoms with Crippen LogP contribution in [0.25, 0.3) is 5.52 Å². The lowest BCUT2D eigenvalue weighted by atomic mass is 10.2. The van der Waals surface area contributed by atoms with E-state index < -0.39 is 5.91 Å². The Balaban J connectivity index is 1.94. The molecule has 3 rings (SSSR count). The minimum Gasteiger partial charge on any atom is -0.350 e. The highest BCUT2D eigenvalue weighted by Crippen LogP contribution is 2.21. The number of aryl methyl sites for hydroxylation is 1. The minimum atomic E-state index is -0.399. The second-order valence-corrected chi connectivity index (χ2v) is 7.19. The van der Waals surface area contributed by atoms with E-state index in [-0.39, 0.29) is 17.4 Å². The molecule has 3 aromatic rings. The summed E-state index contributed by atoms with van der Waals surface area (Å²) in [4.78, 5) is 29.6. The largest absolute Gasteiger partial charge is 0.350 e. The third-order valence-electron chi connectivity index (χ3n) is 4.07. The van der Waals surface area contributed by atoms with Gasteiger partial charge in [-0.1, -0.05) is 31.5 Å². The van der Waals surface area contributed by atoms with E-state index in [0.717, 1.165) is 5.56 Å². The molecule has 140 valence electrons. The molecule has 0 aliphatic heterocycles. The second-order valence-electron chi connectivity index (χ2n) is 6.76. The lowest BCUT2D eigenvalue weighted by molar-refractivity contribution is 0.0946. The summed E-state index contributed by atoms with van der Waals surface area (Å²) in [6, 6.07) is 10.6. The average molecular weight is 385 g/mol. The number of anilines is 1. The number of rotatable bonds is 5. The number of pyridine rings is 1. The SMILES string of the molecule is Cc1cc(Cl)ccc1NC(=O)c1nc(C(=O)NCC(C)C)c2ccccn12. The minimum absolute atomic E-state index is 0.148. The van der Waals surface area contributed by atoms with Crippen molar-refractivity contribution < 1.29 is 9.59 Å². The summed E-state index contributed by atoms with van der Waals surface area (Å²) >= 11 is 5.97. The molecule has 0 spiro atoms. The van der Waals surface area contributed by atoms with E-state index in [1.807, 2.05) is 20.8 Å². The molecule has 0 unspecified atom stereocenters. The molecule has 27 heavy (non-hydrogen) atoms. The van der Waals surface area contributed by atoms with Crippen molar-refractivity contribution in [2.45, 2.75) is 20.8 Å². The summed E-state index contributed by atoms with van der Waals surface area (Å²) in [5, 5.41) is 6.28. The van der Waals surface area contributed by atoms with E-state index >= 15 is 0 Å². The zero-order valence-electron chi connectivity index (χ0n) is 15.4. The van der Waals surface area contributed by atoms with Crippen LogP contribution in [-0.2, 0) is 0 Å². The van der Waals surface area contributed by atoms with Crippen LogP contribution in [0.15, 0.2) is 42.6 Å². The molecular formula is C20H21ClN4O2. The van der Waals surface area contributed by atoms with Crippen LogP contribution in [0.3, 0.4) is 0 Å². The Morgan fingerprint density at radius 1 is 1.19 bits per heavy atom. The topological polar surface area (TPSA) is 75.5 Å². The van der Waals surface area contributed by atoms with Gasteiger partial charge in [-0.15, -0.1) is 0 Å². The summed E-state index contributed by atoms with van der Waals surface area (Å²) < 4.78 is 1.62. The predicted molar refractivity (Wildman–Crippen MR) is 107 cm³/mol. The van der Waals surface area contributed by atoms with Gasteiger partial charge >= 0.3 is 0 Å². The Labute approximate surface area is 162 Å². The molecule has 0 radical (unpaired) electrons. The monoisotopic (exact) mass is 384 g/mol. The molecule has 0 saturated carbocycles. The molecule has 0 aliphatic rings. The van der Waals surface area contributed by atoms with Gasteiger partial charge in [0.05, 0.1) is 5.52 Å². The van der Waals surface area contributed by atoms with Crippen LogP contribution in [0.2, 0.25) is 5.02 Å². The van der Waals surface area contributed by atoms with Crippen molar-refractivity contribution in [3.8, 4) is 0 Å². The van der Waals surface area contributed by atoms with Gasteiger partial charge in [-0.05, 0) is 48.7 Å². The van der Waals surface area contributed by atoms with E-state index in [9.17, 15) is 9.59 Å². The van der Waals surface area contributed by atoms with E-state index in [1.165, 1.54) is 0 Å². The first-order valence-corrected chi connectivity index (χ1v) is 9.07. The Hall–Kier alpha value is -2.86. The van der Waals surface area contributed by atoms with Crippen LogP contribution in [-0.4, -0.2) is 27.7 Å². The number of halogens is 1. The fraction of sp³-hybridized carbons (Fsp3) is 0.250. The average Bonchev–Trinajstić information content (AvgIpc) is 3.02. The Kier molecular flexibility index (Phi) is 5.46. The maximum absolute atomic E-state index is 12.8. The van der Waals surface area contributed by atoms with Crippen molar-refractivity contribution in [3.05, 3.63) is 64.7 Å². The molecule has 1 aromatic carbocycles. The number of benzene rings is 1. The van der Waals surface area contributed by atoms with Gasteiger partial charge in [-0.25, -0.2) is 4.98 Å². The number of aromatic nitrogens is 2. The summed E-state index contributed by atoms with van der Waals surface area (Å²) in [5.74, 6) is -0.230. The number of hydrogen-bond acceptors (Lipinski definition) is 3. The summed E-state index contributed by atoms with van der Waals surface area (Å²) in [6.45, 7) is 6.42.